The Hall–Kier alpha value is -2.30. The van der Waals surface area contributed by atoms with Crippen LogP contribution in [0.3, 0.4) is 0 Å². The molecule has 4 rings (SSSR count). The predicted octanol–water partition coefficient (Wildman–Crippen LogP) is 3.59. The van der Waals surface area contributed by atoms with E-state index in [1.807, 2.05) is 26.0 Å². The van der Waals surface area contributed by atoms with Gasteiger partial charge in [-0.25, -0.2) is 12.8 Å². The highest BCUT2D eigenvalue weighted by Crippen LogP contribution is 2.40. The van der Waals surface area contributed by atoms with Gasteiger partial charge < -0.3 is 5.11 Å². The molecule has 10 heteroatoms. The fourth-order valence-corrected chi connectivity index (χ4v) is 6.33. The Morgan fingerprint density at radius 3 is 2.50 bits per heavy atom. The minimum Gasteiger partial charge on any atom is -0.395 e. The van der Waals surface area contributed by atoms with Crippen LogP contribution in [0.2, 0.25) is 0 Å². The van der Waals surface area contributed by atoms with Crippen molar-refractivity contribution in [1.82, 2.24) is 23.9 Å². The summed E-state index contributed by atoms with van der Waals surface area (Å²) in [6, 6.07) is 3.64. The minimum atomic E-state index is -3.64. The zero-order valence-electron chi connectivity index (χ0n) is 20.3. The Morgan fingerprint density at radius 2 is 1.88 bits per heavy atom. The summed E-state index contributed by atoms with van der Waals surface area (Å²) in [4.78, 5) is 0.207. The highest BCUT2D eigenvalue weighted by Gasteiger charge is 2.40. The molecule has 3 aromatic rings. The van der Waals surface area contributed by atoms with E-state index in [9.17, 15) is 17.9 Å². The Morgan fingerprint density at radius 1 is 1.18 bits per heavy atom. The van der Waals surface area contributed by atoms with Crippen LogP contribution in [0.5, 0.6) is 0 Å². The van der Waals surface area contributed by atoms with E-state index in [0.717, 1.165) is 28.5 Å². The molecule has 1 unspecified atom stereocenters. The molecule has 1 aliphatic rings. The lowest BCUT2D eigenvalue weighted by Crippen LogP contribution is -2.47. The standard InChI is InChI=1S/C24H34FN5O3S/c1-5-8-28-15-21(14-26-28)34(32,33)29-9-6-24(16-31,7-10-29)22-12-20-13-27-30(19(4)18(3)25)23(20)11-17(22)2/h11-15,18-19,31H,5-10,16H2,1-4H3/t18-,19?/m1/s1. The molecule has 1 aliphatic heterocycles. The molecule has 0 amide bonds. The number of sulfonamides is 1. The second-order valence-electron chi connectivity index (χ2n) is 9.51. The summed E-state index contributed by atoms with van der Waals surface area (Å²) >= 11 is 0. The van der Waals surface area contributed by atoms with Gasteiger partial charge in [0, 0.05) is 36.6 Å². The van der Waals surface area contributed by atoms with Gasteiger partial charge in [-0.05, 0) is 63.3 Å². The number of aliphatic hydroxyl groups is 1. The fraction of sp³-hybridized carbons (Fsp3) is 0.583. The molecule has 186 valence electrons. The van der Waals surface area contributed by atoms with Gasteiger partial charge in [0.15, 0.2) is 0 Å². The average Bonchev–Trinajstić information content (AvgIpc) is 3.45. The van der Waals surface area contributed by atoms with E-state index in [-0.39, 0.29) is 17.5 Å². The lowest BCUT2D eigenvalue weighted by atomic mass is 9.72. The first-order valence-corrected chi connectivity index (χ1v) is 13.3. The van der Waals surface area contributed by atoms with Crippen molar-refractivity contribution in [2.24, 2.45) is 0 Å². The average molecular weight is 492 g/mol. The molecule has 1 saturated heterocycles. The maximum atomic E-state index is 13.9. The summed E-state index contributed by atoms with van der Waals surface area (Å²) in [5.41, 5.74) is 2.29. The molecular weight excluding hydrogens is 457 g/mol. The maximum Gasteiger partial charge on any atom is 0.246 e. The number of benzene rings is 1. The van der Waals surface area contributed by atoms with Gasteiger partial charge in [0.2, 0.25) is 10.0 Å². The number of aliphatic hydroxyl groups excluding tert-OH is 1. The van der Waals surface area contributed by atoms with Crippen LogP contribution in [-0.4, -0.2) is 63.3 Å². The molecule has 8 nitrogen and oxygen atoms in total. The van der Waals surface area contributed by atoms with Crippen LogP contribution in [-0.2, 0) is 22.0 Å². The number of hydrogen-bond donors (Lipinski definition) is 1. The summed E-state index contributed by atoms with van der Waals surface area (Å²) < 4.78 is 45.1. The Labute approximate surface area is 200 Å². The monoisotopic (exact) mass is 491 g/mol. The third-order valence-corrected chi connectivity index (χ3v) is 9.10. The molecule has 2 atom stereocenters. The number of halogens is 1. The Kier molecular flexibility index (Phi) is 6.85. The van der Waals surface area contributed by atoms with E-state index in [1.165, 1.54) is 17.4 Å². The van der Waals surface area contributed by atoms with Crippen molar-refractivity contribution in [2.75, 3.05) is 19.7 Å². The summed E-state index contributed by atoms with van der Waals surface area (Å²) in [6.07, 6.45) is 5.57. The number of nitrogens with zero attached hydrogens (tertiary/aromatic N) is 5. The quantitative estimate of drug-likeness (QED) is 0.520. The van der Waals surface area contributed by atoms with E-state index in [4.69, 9.17) is 0 Å². The second kappa shape index (κ2) is 9.39. The van der Waals surface area contributed by atoms with Crippen LogP contribution < -0.4 is 0 Å². The number of alkyl halides is 1. The van der Waals surface area contributed by atoms with Crippen LogP contribution in [0.15, 0.2) is 35.6 Å². The van der Waals surface area contributed by atoms with Crippen molar-refractivity contribution in [3.05, 3.63) is 41.9 Å². The van der Waals surface area contributed by atoms with E-state index in [0.29, 0.717) is 32.5 Å². The van der Waals surface area contributed by atoms with Crippen molar-refractivity contribution in [3.8, 4) is 0 Å². The molecular formula is C24H34FN5O3S. The molecule has 34 heavy (non-hydrogen) atoms. The topological polar surface area (TPSA) is 93.3 Å². The zero-order valence-corrected chi connectivity index (χ0v) is 21.1. The van der Waals surface area contributed by atoms with Crippen molar-refractivity contribution in [3.63, 3.8) is 0 Å². The van der Waals surface area contributed by atoms with Gasteiger partial charge in [-0.2, -0.15) is 14.5 Å². The minimum absolute atomic E-state index is 0.0757. The van der Waals surface area contributed by atoms with Gasteiger partial charge in [0.05, 0.1) is 30.6 Å². The van der Waals surface area contributed by atoms with Crippen molar-refractivity contribution < 1.29 is 17.9 Å². The largest absolute Gasteiger partial charge is 0.395 e. The van der Waals surface area contributed by atoms with Crippen molar-refractivity contribution in [2.45, 2.75) is 76.0 Å². The number of fused-ring (bicyclic) bond motifs is 1. The SMILES string of the molecule is CCCn1cc(S(=O)(=O)N2CCC(CO)(c3cc4cnn(C(C)[C@@H](C)F)c4cc3C)CC2)cn1. The second-order valence-corrected chi connectivity index (χ2v) is 11.5. The van der Waals surface area contributed by atoms with Crippen LogP contribution in [0.4, 0.5) is 4.39 Å². The molecule has 0 spiro atoms. The van der Waals surface area contributed by atoms with Gasteiger partial charge >= 0.3 is 0 Å². The van der Waals surface area contributed by atoms with Gasteiger partial charge in [-0.3, -0.25) is 9.36 Å². The molecule has 1 N–H and O–H groups in total. The summed E-state index contributed by atoms with van der Waals surface area (Å²) in [5, 5.41) is 19.9. The Bertz CT molecular complexity index is 1260. The number of rotatable bonds is 8. The normalized spacial score (nSPS) is 18.9. The molecule has 0 bridgehead atoms. The molecule has 3 heterocycles. The number of piperidine rings is 1. The maximum absolute atomic E-state index is 13.9. The summed E-state index contributed by atoms with van der Waals surface area (Å²) in [7, 11) is -3.64. The van der Waals surface area contributed by atoms with Crippen LogP contribution in [0, 0.1) is 6.92 Å². The number of aryl methyl sites for hydroxylation is 2. The number of aromatic nitrogens is 4. The third kappa shape index (κ3) is 4.27. The predicted molar refractivity (Wildman–Crippen MR) is 129 cm³/mol. The lowest BCUT2D eigenvalue weighted by molar-refractivity contribution is 0.133. The zero-order chi connectivity index (χ0) is 24.7. The van der Waals surface area contributed by atoms with Crippen LogP contribution in [0.25, 0.3) is 10.9 Å². The molecule has 1 fully saturated rings. The summed E-state index contributed by atoms with van der Waals surface area (Å²) in [5.74, 6) is 0. The highest BCUT2D eigenvalue weighted by molar-refractivity contribution is 7.89. The molecule has 0 aliphatic carbocycles. The Balaban J connectivity index is 1.60. The molecule has 0 saturated carbocycles. The molecule has 0 radical (unpaired) electrons. The lowest BCUT2D eigenvalue weighted by Gasteiger charge is -2.41. The van der Waals surface area contributed by atoms with Crippen LogP contribution in [0.1, 0.15) is 57.2 Å². The number of hydrogen-bond acceptors (Lipinski definition) is 5. The van der Waals surface area contributed by atoms with Gasteiger partial charge in [-0.15, -0.1) is 0 Å². The highest BCUT2D eigenvalue weighted by atomic mass is 32.2. The molecule has 2 aromatic heterocycles. The van der Waals surface area contributed by atoms with Crippen molar-refractivity contribution >= 4 is 20.9 Å². The molecule has 1 aromatic carbocycles. The first-order chi connectivity index (χ1) is 16.1. The van der Waals surface area contributed by atoms with E-state index in [1.54, 1.807) is 28.7 Å². The summed E-state index contributed by atoms with van der Waals surface area (Å²) in [6.45, 7) is 8.55. The van der Waals surface area contributed by atoms with Crippen LogP contribution >= 0.6 is 0 Å². The first kappa shape index (κ1) is 24.8. The van der Waals surface area contributed by atoms with Gasteiger partial charge in [0.1, 0.15) is 11.1 Å². The smallest absolute Gasteiger partial charge is 0.246 e. The van der Waals surface area contributed by atoms with E-state index in [2.05, 4.69) is 10.2 Å². The third-order valence-electron chi connectivity index (χ3n) is 7.25. The van der Waals surface area contributed by atoms with Crippen molar-refractivity contribution in [1.29, 1.82) is 0 Å². The van der Waals surface area contributed by atoms with E-state index >= 15 is 0 Å². The fourth-order valence-electron chi connectivity index (χ4n) is 4.93. The van der Waals surface area contributed by atoms with E-state index < -0.39 is 21.6 Å². The van der Waals surface area contributed by atoms with Gasteiger partial charge in [-0.1, -0.05) is 6.92 Å². The first-order valence-electron chi connectivity index (χ1n) is 11.9. The van der Waals surface area contributed by atoms with Gasteiger partial charge in [0.25, 0.3) is 0 Å².